The number of carbonyl (C=O) groups is 1. The average molecular weight is 271 g/mol. The van der Waals surface area contributed by atoms with Crippen molar-refractivity contribution < 1.29 is 9.90 Å². The molecule has 1 aliphatic rings. The third kappa shape index (κ3) is 2.39. The Morgan fingerprint density at radius 3 is 2.95 bits per heavy atom. The molecule has 0 radical (unpaired) electrons. The summed E-state index contributed by atoms with van der Waals surface area (Å²) in [6.45, 7) is 2.62. The first-order valence-corrected chi connectivity index (χ1v) is 6.83. The zero-order valence-electron chi connectivity index (χ0n) is 11.2. The number of aromatic nitrogens is 2. The van der Waals surface area contributed by atoms with Crippen LogP contribution in [0.4, 0.5) is 5.69 Å². The second-order valence-corrected chi connectivity index (χ2v) is 4.97. The normalized spacial score (nSPS) is 14.1. The molecule has 0 atom stereocenters. The largest absolute Gasteiger partial charge is 0.478 e. The lowest BCUT2D eigenvalue weighted by Gasteiger charge is -2.32. The zero-order chi connectivity index (χ0) is 13.9. The van der Waals surface area contributed by atoms with Crippen molar-refractivity contribution >= 4 is 11.7 Å². The highest BCUT2D eigenvalue weighted by Crippen LogP contribution is 2.29. The first-order chi connectivity index (χ1) is 9.75. The fourth-order valence-corrected chi connectivity index (χ4v) is 2.79. The van der Waals surface area contributed by atoms with Gasteiger partial charge in [0.05, 0.1) is 12.1 Å². The Kier molecular flexibility index (Phi) is 3.41. The predicted octanol–water partition coefficient (Wildman–Crippen LogP) is 2.03. The molecule has 0 amide bonds. The van der Waals surface area contributed by atoms with Gasteiger partial charge in [0, 0.05) is 31.2 Å². The fourth-order valence-electron chi connectivity index (χ4n) is 2.79. The van der Waals surface area contributed by atoms with Gasteiger partial charge in [-0.05, 0) is 36.6 Å². The first-order valence-electron chi connectivity index (χ1n) is 6.83. The molecular weight excluding hydrogens is 254 g/mol. The molecule has 104 valence electrons. The number of hydrogen-bond donors (Lipinski definition) is 1. The number of nitrogens with zero attached hydrogens (tertiary/aromatic N) is 3. The van der Waals surface area contributed by atoms with Crippen molar-refractivity contribution in [2.75, 3.05) is 18.0 Å². The van der Waals surface area contributed by atoms with Crippen LogP contribution >= 0.6 is 0 Å². The van der Waals surface area contributed by atoms with Crippen LogP contribution in [0.25, 0.3) is 0 Å². The molecule has 0 saturated heterocycles. The smallest absolute Gasteiger partial charge is 0.336 e. The van der Waals surface area contributed by atoms with Gasteiger partial charge in [-0.25, -0.2) is 4.79 Å². The van der Waals surface area contributed by atoms with Gasteiger partial charge in [-0.3, -0.25) is 4.68 Å². The maximum atomic E-state index is 11.3. The number of benzene rings is 1. The molecule has 2 heterocycles. The van der Waals surface area contributed by atoms with Gasteiger partial charge in [0.15, 0.2) is 0 Å². The van der Waals surface area contributed by atoms with Gasteiger partial charge in [0.2, 0.25) is 0 Å². The highest BCUT2D eigenvalue weighted by atomic mass is 16.4. The van der Waals surface area contributed by atoms with Crippen molar-refractivity contribution in [3.8, 4) is 0 Å². The second kappa shape index (κ2) is 5.36. The summed E-state index contributed by atoms with van der Waals surface area (Å²) in [5.41, 5.74) is 2.46. The molecule has 1 aromatic heterocycles. The summed E-state index contributed by atoms with van der Waals surface area (Å²) in [6, 6.07) is 7.45. The van der Waals surface area contributed by atoms with Crippen LogP contribution < -0.4 is 4.90 Å². The lowest BCUT2D eigenvalue weighted by atomic mass is 9.96. The summed E-state index contributed by atoms with van der Waals surface area (Å²) in [7, 11) is 0. The van der Waals surface area contributed by atoms with Crippen LogP contribution in [0.2, 0.25) is 0 Å². The van der Waals surface area contributed by atoms with Gasteiger partial charge in [-0.2, -0.15) is 5.10 Å². The number of anilines is 1. The molecule has 0 spiro atoms. The monoisotopic (exact) mass is 271 g/mol. The number of hydrogen-bond acceptors (Lipinski definition) is 3. The SMILES string of the molecule is O=C(O)c1cccc2c1CCCN2CCn1cccn1. The molecule has 0 unspecified atom stereocenters. The molecule has 0 saturated carbocycles. The molecule has 2 aromatic rings. The van der Waals surface area contributed by atoms with E-state index in [0.29, 0.717) is 5.56 Å². The molecule has 1 N–H and O–H groups in total. The van der Waals surface area contributed by atoms with E-state index < -0.39 is 5.97 Å². The van der Waals surface area contributed by atoms with Crippen LogP contribution in [-0.4, -0.2) is 33.9 Å². The topological polar surface area (TPSA) is 58.4 Å². The molecule has 1 aromatic carbocycles. The van der Waals surface area contributed by atoms with Crippen LogP contribution in [0.5, 0.6) is 0 Å². The highest BCUT2D eigenvalue weighted by molar-refractivity contribution is 5.91. The minimum Gasteiger partial charge on any atom is -0.478 e. The van der Waals surface area contributed by atoms with Gasteiger partial charge in [-0.1, -0.05) is 6.07 Å². The van der Waals surface area contributed by atoms with E-state index in [-0.39, 0.29) is 0 Å². The van der Waals surface area contributed by atoms with Crippen LogP contribution in [0.15, 0.2) is 36.7 Å². The minimum atomic E-state index is -0.837. The zero-order valence-corrected chi connectivity index (χ0v) is 11.2. The Balaban J connectivity index is 1.83. The quantitative estimate of drug-likeness (QED) is 0.924. The molecule has 5 heteroatoms. The van der Waals surface area contributed by atoms with Gasteiger partial charge >= 0.3 is 5.97 Å². The maximum Gasteiger partial charge on any atom is 0.336 e. The van der Waals surface area contributed by atoms with Crippen LogP contribution in [0.3, 0.4) is 0 Å². The molecule has 20 heavy (non-hydrogen) atoms. The molecule has 5 nitrogen and oxygen atoms in total. The van der Waals surface area contributed by atoms with Gasteiger partial charge < -0.3 is 10.0 Å². The summed E-state index contributed by atoms with van der Waals surface area (Å²) in [6.07, 6.45) is 5.55. The fraction of sp³-hybridized carbons (Fsp3) is 0.333. The van der Waals surface area contributed by atoms with E-state index in [9.17, 15) is 9.90 Å². The van der Waals surface area contributed by atoms with E-state index >= 15 is 0 Å². The predicted molar refractivity (Wildman–Crippen MR) is 76.2 cm³/mol. The third-order valence-corrected chi connectivity index (χ3v) is 3.74. The number of aromatic carboxylic acids is 1. The van der Waals surface area contributed by atoms with Crippen LogP contribution in [0, 0.1) is 0 Å². The van der Waals surface area contributed by atoms with Gasteiger partial charge in [0.25, 0.3) is 0 Å². The van der Waals surface area contributed by atoms with E-state index in [1.807, 2.05) is 29.1 Å². The number of carboxylic acid groups (broad SMARTS) is 1. The van der Waals surface area contributed by atoms with Crippen molar-refractivity contribution in [3.63, 3.8) is 0 Å². The van der Waals surface area contributed by atoms with Crippen molar-refractivity contribution in [2.45, 2.75) is 19.4 Å². The Bertz CT molecular complexity index is 608. The van der Waals surface area contributed by atoms with Crippen molar-refractivity contribution in [1.82, 2.24) is 9.78 Å². The highest BCUT2D eigenvalue weighted by Gasteiger charge is 2.21. The lowest BCUT2D eigenvalue weighted by Crippen LogP contribution is -2.33. The Hall–Kier alpha value is -2.30. The van der Waals surface area contributed by atoms with Gasteiger partial charge in [-0.15, -0.1) is 0 Å². The van der Waals surface area contributed by atoms with Crippen LogP contribution in [-0.2, 0) is 13.0 Å². The third-order valence-electron chi connectivity index (χ3n) is 3.74. The van der Waals surface area contributed by atoms with E-state index in [1.165, 1.54) is 0 Å². The van der Waals surface area contributed by atoms with Crippen molar-refractivity contribution in [1.29, 1.82) is 0 Å². The Morgan fingerprint density at radius 1 is 1.30 bits per heavy atom. The van der Waals surface area contributed by atoms with E-state index in [4.69, 9.17) is 0 Å². The van der Waals surface area contributed by atoms with Crippen LogP contribution in [0.1, 0.15) is 22.3 Å². The minimum absolute atomic E-state index is 0.436. The molecule has 0 fully saturated rings. The first kappa shape index (κ1) is 12.7. The second-order valence-electron chi connectivity index (χ2n) is 4.97. The maximum absolute atomic E-state index is 11.3. The summed E-state index contributed by atoms with van der Waals surface area (Å²) in [4.78, 5) is 13.5. The lowest BCUT2D eigenvalue weighted by molar-refractivity contribution is 0.0695. The molecule has 3 rings (SSSR count). The standard InChI is InChI=1S/C15H17N3O2/c19-15(20)13-4-1-6-14-12(13)5-2-8-17(14)10-11-18-9-3-7-16-18/h1,3-4,6-7,9H,2,5,8,10-11H2,(H,19,20). The molecule has 0 bridgehead atoms. The summed E-state index contributed by atoms with van der Waals surface area (Å²) >= 11 is 0. The van der Waals surface area contributed by atoms with Crippen molar-refractivity contribution in [2.24, 2.45) is 0 Å². The van der Waals surface area contributed by atoms with E-state index in [2.05, 4.69) is 10.00 Å². The van der Waals surface area contributed by atoms with Crippen molar-refractivity contribution in [3.05, 3.63) is 47.8 Å². The molecule has 1 aliphatic heterocycles. The number of fused-ring (bicyclic) bond motifs is 1. The molecule has 0 aliphatic carbocycles. The Morgan fingerprint density at radius 2 is 2.20 bits per heavy atom. The molecular formula is C15H17N3O2. The van der Waals surface area contributed by atoms with E-state index in [0.717, 1.165) is 43.7 Å². The Labute approximate surface area is 117 Å². The summed E-state index contributed by atoms with van der Waals surface area (Å²) in [5, 5.41) is 13.5. The van der Waals surface area contributed by atoms with Gasteiger partial charge in [0.1, 0.15) is 0 Å². The number of carboxylic acids is 1. The summed E-state index contributed by atoms with van der Waals surface area (Å²) < 4.78 is 1.90. The summed E-state index contributed by atoms with van der Waals surface area (Å²) in [5.74, 6) is -0.837. The number of rotatable bonds is 4. The average Bonchev–Trinajstić information content (AvgIpc) is 2.97. The van der Waals surface area contributed by atoms with E-state index in [1.54, 1.807) is 12.3 Å².